The maximum atomic E-state index is 14.3. The Balaban J connectivity index is 1.28. The molecule has 3 saturated heterocycles. The second kappa shape index (κ2) is 11.3. The molecule has 9 atom stereocenters. The summed E-state index contributed by atoms with van der Waals surface area (Å²) in [6.07, 6.45) is 9.91. The van der Waals surface area contributed by atoms with Crippen molar-refractivity contribution < 1.29 is 19.1 Å². The number of nitrogens with one attached hydrogen (secondary N) is 2. The van der Waals surface area contributed by atoms with Crippen LogP contribution in [0.25, 0.3) is 0 Å². The third kappa shape index (κ3) is 5.10. The number of amides is 3. The number of benzene rings is 1. The Morgan fingerprint density at radius 1 is 1.02 bits per heavy atom. The molecule has 4 heterocycles. The first-order chi connectivity index (χ1) is 19.7. The van der Waals surface area contributed by atoms with Crippen LogP contribution in [0.2, 0.25) is 5.02 Å². The van der Waals surface area contributed by atoms with Crippen LogP contribution in [-0.4, -0.2) is 77.0 Å². The van der Waals surface area contributed by atoms with Gasteiger partial charge in [-0.05, 0) is 68.8 Å². The van der Waals surface area contributed by atoms with Crippen molar-refractivity contribution >= 4 is 35.0 Å². The van der Waals surface area contributed by atoms with Crippen molar-refractivity contribution in [1.29, 1.82) is 0 Å². The molecule has 41 heavy (non-hydrogen) atoms. The molecule has 4 fully saturated rings. The van der Waals surface area contributed by atoms with E-state index in [1.165, 1.54) is 12.8 Å². The Morgan fingerprint density at radius 3 is 2.56 bits per heavy atom. The Morgan fingerprint density at radius 2 is 1.80 bits per heavy atom. The Hall–Kier alpha value is -2.42. The van der Waals surface area contributed by atoms with Gasteiger partial charge in [0.2, 0.25) is 17.7 Å². The van der Waals surface area contributed by atoms with E-state index in [1.807, 2.05) is 12.2 Å². The minimum Gasteiger partial charge on any atom is -0.359 e. The van der Waals surface area contributed by atoms with Gasteiger partial charge in [-0.3, -0.25) is 19.3 Å². The zero-order valence-corrected chi connectivity index (χ0v) is 25.1. The van der Waals surface area contributed by atoms with Crippen molar-refractivity contribution in [3.05, 3.63) is 41.4 Å². The second-order valence-corrected chi connectivity index (χ2v) is 13.4. The van der Waals surface area contributed by atoms with Crippen LogP contribution in [-0.2, 0) is 19.1 Å². The number of hydrogen-bond acceptors (Lipinski definition) is 5. The molecule has 0 unspecified atom stereocenters. The maximum absolute atomic E-state index is 14.3. The van der Waals surface area contributed by atoms with Crippen LogP contribution >= 0.6 is 11.6 Å². The van der Waals surface area contributed by atoms with Crippen LogP contribution in [0.5, 0.6) is 0 Å². The van der Waals surface area contributed by atoms with E-state index in [1.54, 1.807) is 29.2 Å². The molecule has 0 aromatic heterocycles. The van der Waals surface area contributed by atoms with Gasteiger partial charge in [0.15, 0.2) is 0 Å². The lowest BCUT2D eigenvalue weighted by Gasteiger charge is -2.39. The zero-order valence-electron chi connectivity index (χ0n) is 24.4. The summed E-state index contributed by atoms with van der Waals surface area (Å²) in [6.45, 7) is 8.82. The molecule has 9 heteroatoms. The van der Waals surface area contributed by atoms with Crippen LogP contribution in [0, 0.1) is 23.7 Å². The van der Waals surface area contributed by atoms with E-state index in [0.717, 1.165) is 32.2 Å². The van der Waals surface area contributed by atoms with Crippen molar-refractivity contribution in [1.82, 2.24) is 15.1 Å². The van der Waals surface area contributed by atoms with Crippen LogP contribution in [0.1, 0.15) is 59.3 Å². The van der Waals surface area contributed by atoms with Gasteiger partial charge in [-0.2, -0.15) is 0 Å². The van der Waals surface area contributed by atoms with Gasteiger partial charge in [0.25, 0.3) is 0 Å². The normalized spacial score (nSPS) is 38.2. The van der Waals surface area contributed by atoms with Crippen molar-refractivity contribution in [3.63, 3.8) is 0 Å². The van der Waals surface area contributed by atoms with Gasteiger partial charge in [-0.15, -0.1) is 0 Å². The minimum atomic E-state index is -1.15. The summed E-state index contributed by atoms with van der Waals surface area (Å²) in [4.78, 5) is 46.3. The fourth-order valence-corrected chi connectivity index (χ4v) is 8.17. The summed E-state index contributed by atoms with van der Waals surface area (Å²) in [5.41, 5.74) is -0.540. The summed E-state index contributed by atoms with van der Waals surface area (Å²) in [6, 6.07) is 6.61. The average Bonchev–Trinajstić information content (AvgIpc) is 3.59. The lowest BCUT2D eigenvalue weighted by molar-refractivity contribution is -0.142. The third-order valence-corrected chi connectivity index (χ3v) is 10.9. The highest BCUT2D eigenvalue weighted by molar-refractivity contribution is 6.30. The molecule has 1 spiro atoms. The van der Waals surface area contributed by atoms with Gasteiger partial charge < -0.3 is 20.3 Å². The standard InChI is InChI=1S/C32H43ClN4O4/c1-19-7-6-9-24(21(19)3)35-30(39)28-32-15-14-25(41-32)26(29(38)34-23-12-10-22(33)11-13-23)27(32)31(40)37(28)18-17-36-16-5-4-8-20(36)2/h10-15,19-21,24-28H,4-9,16-18H2,1-3H3,(H,34,38)(H,35,39)/t19-,20+,21-,24+,25+,26+,27+,28+,32+/m1/s1. The smallest absolute Gasteiger partial charge is 0.246 e. The highest BCUT2D eigenvalue weighted by atomic mass is 35.5. The second-order valence-electron chi connectivity index (χ2n) is 13.0. The largest absolute Gasteiger partial charge is 0.359 e. The van der Waals surface area contributed by atoms with E-state index >= 15 is 0 Å². The first-order valence-corrected chi connectivity index (χ1v) is 15.9. The number of carbonyl (C=O) groups is 3. The molecule has 5 aliphatic rings. The third-order valence-electron chi connectivity index (χ3n) is 10.6. The monoisotopic (exact) mass is 582 g/mol. The summed E-state index contributed by atoms with van der Waals surface area (Å²) in [5.74, 6) is -1.18. The summed E-state index contributed by atoms with van der Waals surface area (Å²) >= 11 is 6.03. The Labute approximate surface area is 248 Å². The number of carbonyl (C=O) groups excluding carboxylic acids is 3. The SMILES string of the molecule is C[C@@H]1[C@H](C)CCC[C@@H]1NC(=O)[C@@H]1N(CCN2CCCC[C@@H]2C)C(=O)[C@@H]2[C@@H](C(=O)Nc3ccc(Cl)cc3)[C@@H]3C=C[C@]21O3. The van der Waals surface area contributed by atoms with Crippen LogP contribution < -0.4 is 10.6 Å². The highest BCUT2D eigenvalue weighted by Gasteiger charge is 2.72. The molecule has 2 bridgehead atoms. The van der Waals surface area contributed by atoms with Gasteiger partial charge >= 0.3 is 0 Å². The number of anilines is 1. The van der Waals surface area contributed by atoms with Crippen molar-refractivity contribution in [2.75, 3.05) is 25.0 Å². The number of nitrogens with zero attached hydrogens (tertiary/aromatic N) is 2. The summed E-state index contributed by atoms with van der Waals surface area (Å²) in [7, 11) is 0. The Kier molecular flexibility index (Phi) is 7.94. The molecule has 6 rings (SSSR count). The zero-order chi connectivity index (χ0) is 28.9. The van der Waals surface area contributed by atoms with Gasteiger partial charge in [-0.25, -0.2) is 0 Å². The minimum absolute atomic E-state index is 0.0624. The summed E-state index contributed by atoms with van der Waals surface area (Å²) < 4.78 is 6.53. The molecule has 0 radical (unpaired) electrons. The lowest BCUT2D eigenvalue weighted by atomic mass is 9.73. The number of likely N-dealkylation sites (tertiary alicyclic amines) is 2. The number of hydrogen-bond donors (Lipinski definition) is 2. The van der Waals surface area contributed by atoms with E-state index in [0.29, 0.717) is 41.7 Å². The Bertz CT molecular complexity index is 1210. The number of halogens is 1. The van der Waals surface area contributed by atoms with Crippen LogP contribution in [0.15, 0.2) is 36.4 Å². The summed E-state index contributed by atoms with van der Waals surface area (Å²) in [5, 5.41) is 6.88. The highest BCUT2D eigenvalue weighted by Crippen LogP contribution is 2.55. The first-order valence-electron chi connectivity index (χ1n) is 15.5. The van der Waals surface area contributed by atoms with E-state index in [4.69, 9.17) is 16.3 Å². The van der Waals surface area contributed by atoms with Crippen molar-refractivity contribution in [2.45, 2.75) is 89.1 Å². The molecule has 222 valence electrons. The number of piperidine rings is 1. The fourth-order valence-electron chi connectivity index (χ4n) is 8.04. The van der Waals surface area contributed by atoms with E-state index in [2.05, 4.69) is 36.3 Å². The molecule has 1 aromatic carbocycles. The number of fused-ring (bicyclic) bond motifs is 1. The molecule has 4 aliphatic heterocycles. The lowest BCUT2D eigenvalue weighted by Crippen LogP contribution is -2.58. The van der Waals surface area contributed by atoms with Gasteiger partial charge in [0.1, 0.15) is 11.6 Å². The molecular formula is C32H43ClN4O4. The van der Waals surface area contributed by atoms with Gasteiger partial charge in [-0.1, -0.05) is 56.9 Å². The van der Waals surface area contributed by atoms with E-state index in [-0.39, 0.29) is 23.8 Å². The molecule has 2 N–H and O–H groups in total. The van der Waals surface area contributed by atoms with Crippen LogP contribution in [0.4, 0.5) is 5.69 Å². The number of ether oxygens (including phenoxy) is 1. The molecule has 3 amide bonds. The molecule has 1 aromatic rings. The molecule has 8 nitrogen and oxygen atoms in total. The van der Waals surface area contributed by atoms with Crippen molar-refractivity contribution in [2.24, 2.45) is 23.7 Å². The predicted octanol–water partition coefficient (Wildman–Crippen LogP) is 4.24. The maximum Gasteiger partial charge on any atom is 0.246 e. The molecular weight excluding hydrogens is 540 g/mol. The number of rotatable bonds is 7. The van der Waals surface area contributed by atoms with Gasteiger partial charge in [0, 0.05) is 35.9 Å². The molecule has 1 aliphatic carbocycles. The van der Waals surface area contributed by atoms with Crippen molar-refractivity contribution in [3.8, 4) is 0 Å². The average molecular weight is 583 g/mol. The first kappa shape index (κ1) is 28.7. The predicted molar refractivity (Wildman–Crippen MR) is 158 cm³/mol. The van der Waals surface area contributed by atoms with Crippen LogP contribution in [0.3, 0.4) is 0 Å². The topological polar surface area (TPSA) is 91.0 Å². The fraction of sp³-hybridized carbons (Fsp3) is 0.656. The van der Waals surface area contributed by atoms with E-state index < -0.39 is 29.6 Å². The van der Waals surface area contributed by atoms with Gasteiger partial charge in [0.05, 0.1) is 17.9 Å². The molecule has 1 saturated carbocycles. The van der Waals surface area contributed by atoms with E-state index in [9.17, 15) is 14.4 Å². The quantitative estimate of drug-likeness (QED) is 0.469.